The van der Waals surface area contributed by atoms with E-state index in [0.29, 0.717) is 12.0 Å². The quantitative estimate of drug-likeness (QED) is 0.868. The fourth-order valence-electron chi connectivity index (χ4n) is 2.77. The molecule has 1 aliphatic rings. The molecule has 2 nitrogen and oxygen atoms in total. The number of benzene rings is 1. The Balaban J connectivity index is 1.95. The van der Waals surface area contributed by atoms with E-state index in [0.717, 1.165) is 26.1 Å². The summed E-state index contributed by atoms with van der Waals surface area (Å²) >= 11 is 0. The van der Waals surface area contributed by atoms with Gasteiger partial charge in [-0.3, -0.25) is 4.90 Å². The van der Waals surface area contributed by atoms with Crippen molar-refractivity contribution in [2.45, 2.75) is 39.3 Å². The minimum atomic E-state index is 0.411. The molecule has 2 atom stereocenters. The van der Waals surface area contributed by atoms with Crippen LogP contribution in [0.3, 0.4) is 0 Å². The van der Waals surface area contributed by atoms with Gasteiger partial charge in [0, 0.05) is 19.1 Å². The highest BCUT2D eigenvalue weighted by molar-refractivity contribution is 5.22. The highest BCUT2D eigenvalue weighted by Gasteiger charge is 2.24. The van der Waals surface area contributed by atoms with Gasteiger partial charge < -0.3 is 5.73 Å². The molecule has 0 aromatic heterocycles. The van der Waals surface area contributed by atoms with Crippen LogP contribution in [0.15, 0.2) is 24.3 Å². The molecular weight excluding hydrogens is 208 g/mol. The molecule has 1 aromatic carbocycles. The van der Waals surface area contributed by atoms with Crippen LogP contribution in [0.25, 0.3) is 0 Å². The van der Waals surface area contributed by atoms with Crippen molar-refractivity contribution in [1.29, 1.82) is 0 Å². The van der Waals surface area contributed by atoms with Crippen molar-refractivity contribution in [2.24, 2.45) is 11.7 Å². The van der Waals surface area contributed by atoms with E-state index >= 15 is 0 Å². The number of nitrogens with zero attached hydrogens (tertiary/aromatic N) is 1. The van der Waals surface area contributed by atoms with Gasteiger partial charge in [-0.15, -0.1) is 0 Å². The lowest BCUT2D eigenvalue weighted by atomic mass is 9.90. The summed E-state index contributed by atoms with van der Waals surface area (Å²) < 4.78 is 0. The molecule has 0 spiro atoms. The summed E-state index contributed by atoms with van der Waals surface area (Å²) in [6.45, 7) is 7.78. The van der Waals surface area contributed by atoms with Crippen molar-refractivity contribution in [3.05, 3.63) is 35.4 Å². The van der Waals surface area contributed by atoms with E-state index in [1.54, 1.807) is 0 Å². The van der Waals surface area contributed by atoms with Gasteiger partial charge in [0.25, 0.3) is 0 Å². The molecule has 2 N–H and O–H groups in total. The standard InChI is InChI=1S/C15H24N2/c1-3-14-11-17(8-7-15(14)16)10-13-6-4-5-12(2)9-13/h4-6,9,14-15H,3,7-8,10-11,16H2,1-2H3. The van der Waals surface area contributed by atoms with Gasteiger partial charge in [0.2, 0.25) is 0 Å². The lowest BCUT2D eigenvalue weighted by Crippen LogP contribution is -2.46. The van der Waals surface area contributed by atoms with E-state index < -0.39 is 0 Å². The highest BCUT2D eigenvalue weighted by atomic mass is 15.1. The van der Waals surface area contributed by atoms with Crippen LogP contribution in [0.2, 0.25) is 0 Å². The van der Waals surface area contributed by atoms with Gasteiger partial charge in [-0.25, -0.2) is 0 Å². The maximum Gasteiger partial charge on any atom is 0.0233 e. The predicted octanol–water partition coefficient (Wildman–Crippen LogP) is 2.55. The summed E-state index contributed by atoms with van der Waals surface area (Å²) in [6, 6.07) is 9.23. The van der Waals surface area contributed by atoms with Crippen LogP contribution in [-0.2, 0) is 6.54 Å². The summed E-state index contributed by atoms with van der Waals surface area (Å²) in [5.74, 6) is 0.675. The van der Waals surface area contributed by atoms with E-state index in [2.05, 4.69) is 43.0 Å². The summed E-state index contributed by atoms with van der Waals surface area (Å²) in [7, 11) is 0. The second-order valence-electron chi connectivity index (χ2n) is 5.35. The van der Waals surface area contributed by atoms with E-state index in [9.17, 15) is 0 Å². The lowest BCUT2D eigenvalue weighted by Gasteiger charge is -2.36. The van der Waals surface area contributed by atoms with Gasteiger partial charge in [0.05, 0.1) is 0 Å². The zero-order valence-corrected chi connectivity index (χ0v) is 11.0. The molecule has 2 rings (SSSR count). The zero-order valence-electron chi connectivity index (χ0n) is 11.0. The lowest BCUT2D eigenvalue weighted by molar-refractivity contribution is 0.145. The van der Waals surface area contributed by atoms with Crippen LogP contribution in [0, 0.1) is 12.8 Å². The number of rotatable bonds is 3. The molecule has 1 fully saturated rings. The van der Waals surface area contributed by atoms with Crippen LogP contribution in [0.5, 0.6) is 0 Å². The van der Waals surface area contributed by atoms with E-state index in [-0.39, 0.29) is 0 Å². The Morgan fingerprint density at radius 1 is 1.41 bits per heavy atom. The molecule has 1 heterocycles. The first-order chi connectivity index (χ1) is 8.19. The van der Waals surface area contributed by atoms with Crippen molar-refractivity contribution < 1.29 is 0 Å². The molecule has 94 valence electrons. The number of aryl methyl sites for hydroxylation is 1. The monoisotopic (exact) mass is 232 g/mol. The molecule has 2 heteroatoms. The predicted molar refractivity (Wildman–Crippen MR) is 72.8 cm³/mol. The number of hydrogen-bond donors (Lipinski definition) is 1. The third-order valence-electron chi connectivity index (χ3n) is 3.89. The van der Waals surface area contributed by atoms with Gasteiger partial charge in [0.15, 0.2) is 0 Å². The molecular formula is C15H24N2. The van der Waals surface area contributed by atoms with E-state index in [1.165, 1.54) is 17.5 Å². The van der Waals surface area contributed by atoms with Crippen molar-refractivity contribution >= 4 is 0 Å². The van der Waals surface area contributed by atoms with Crippen LogP contribution in [-0.4, -0.2) is 24.0 Å². The second-order valence-corrected chi connectivity index (χ2v) is 5.35. The molecule has 0 aliphatic carbocycles. The van der Waals surface area contributed by atoms with Crippen molar-refractivity contribution in [2.75, 3.05) is 13.1 Å². The molecule has 0 amide bonds. The van der Waals surface area contributed by atoms with Gasteiger partial charge >= 0.3 is 0 Å². The van der Waals surface area contributed by atoms with Gasteiger partial charge in [-0.1, -0.05) is 43.2 Å². The zero-order chi connectivity index (χ0) is 12.3. The Labute approximate surface area is 105 Å². The van der Waals surface area contributed by atoms with Crippen molar-refractivity contribution in [1.82, 2.24) is 4.90 Å². The third kappa shape index (κ3) is 3.30. The fraction of sp³-hybridized carbons (Fsp3) is 0.600. The Morgan fingerprint density at radius 2 is 2.24 bits per heavy atom. The molecule has 0 bridgehead atoms. The normalized spacial score (nSPS) is 26.1. The molecule has 0 saturated carbocycles. The average molecular weight is 232 g/mol. The van der Waals surface area contributed by atoms with Crippen LogP contribution in [0.4, 0.5) is 0 Å². The molecule has 2 unspecified atom stereocenters. The SMILES string of the molecule is CCC1CN(Cc2cccc(C)c2)CCC1N. The minimum absolute atomic E-state index is 0.411. The first kappa shape index (κ1) is 12.6. The summed E-state index contributed by atoms with van der Waals surface area (Å²) in [5.41, 5.74) is 8.92. The number of likely N-dealkylation sites (tertiary alicyclic amines) is 1. The highest BCUT2D eigenvalue weighted by Crippen LogP contribution is 2.20. The second kappa shape index (κ2) is 5.65. The van der Waals surface area contributed by atoms with Crippen LogP contribution in [0.1, 0.15) is 30.9 Å². The molecule has 17 heavy (non-hydrogen) atoms. The molecule has 1 aromatic rings. The Hall–Kier alpha value is -0.860. The number of hydrogen-bond acceptors (Lipinski definition) is 2. The summed E-state index contributed by atoms with van der Waals surface area (Å²) in [5, 5.41) is 0. The Kier molecular flexibility index (Phi) is 4.19. The molecule has 1 aliphatic heterocycles. The fourth-order valence-corrected chi connectivity index (χ4v) is 2.77. The average Bonchev–Trinajstić information content (AvgIpc) is 2.32. The Bertz CT molecular complexity index is 362. The van der Waals surface area contributed by atoms with Crippen molar-refractivity contribution in [3.63, 3.8) is 0 Å². The summed E-state index contributed by atoms with van der Waals surface area (Å²) in [6.07, 6.45) is 2.34. The van der Waals surface area contributed by atoms with E-state index in [1.807, 2.05) is 0 Å². The Morgan fingerprint density at radius 3 is 2.94 bits per heavy atom. The smallest absolute Gasteiger partial charge is 0.0233 e. The minimum Gasteiger partial charge on any atom is -0.327 e. The number of piperidine rings is 1. The topological polar surface area (TPSA) is 29.3 Å². The molecule has 1 saturated heterocycles. The first-order valence-corrected chi connectivity index (χ1v) is 6.72. The van der Waals surface area contributed by atoms with Gasteiger partial charge in [-0.2, -0.15) is 0 Å². The number of nitrogens with two attached hydrogens (primary N) is 1. The largest absolute Gasteiger partial charge is 0.327 e. The van der Waals surface area contributed by atoms with Crippen LogP contribution >= 0.6 is 0 Å². The summed E-state index contributed by atoms with van der Waals surface area (Å²) in [4.78, 5) is 2.55. The third-order valence-corrected chi connectivity index (χ3v) is 3.89. The van der Waals surface area contributed by atoms with Crippen molar-refractivity contribution in [3.8, 4) is 0 Å². The van der Waals surface area contributed by atoms with Gasteiger partial charge in [-0.05, 0) is 31.4 Å². The maximum absolute atomic E-state index is 6.14. The van der Waals surface area contributed by atoms with Gasteiger partial charge in [0.1, 0.15) is 0 Å². The van der Waals surface area contributed by atoms with E-state index in [4.69, 9.17) is 5.73 Å². The first-order valence-electron chi connectivity index (χ1n) is 6.72. The maximum atomic E-state index is 6.14. The molecule has 0 radical (unpaired) electrons. The van der Waals surface area contributed by atoms with Crippen LogP contribution < -0.4 is 5.73 Å².